The predicted octanol–water partition coefficient (Wildman–Crippen LogP) is 0.604. The van der Waals surface area contributed by atoms with Crippen LogP contribution in [0.2, 0.25) is 0 Å². The molecule has 0 atom stereocenters. The van der Waals surface area contributed by atoms with Crippen LogP contribution in [0.4, 0.5) is 4.79 Å². The van der Waals surface area contributed by atoms with Crippen LogP contribution in [-0.2, 0) is 11.2 Å². The standard InChI is InChI=1S/C14H23N5O3S/c1-3-4-11-12(23-17-16-11)13(20)15-5-6-18-7-9-19(10-8-18)14(21)22-2/h3-10H2,1-2H3,(H,15,20). The van der Waals surface area contributed by atoms with Gasteiger partial charge in [0.15, 0.2) is 0 Å². The van der Waals surface area contributed by atoms with Crippen molar-refractivity contribution < 1.29 is 14.3 Å². The highest BCUT2D eigenvalue weighted by molar-refractivity contribution is 7.08. The third-order valence-electron chi connectivity index (χ3n) is 3.77. The maximum Gasteiger partial charge on any atom is 0.409 e. The van der Waals surface area contributed by atoms with Crippen molar-refractivity contribution >= 4 is 23.5 Å². The molecule has 0 unspecified atom stereocenters. The van der Waals surface area contributed by atoms with E-state index in [1.54, 1.807) is 4.90 Å². The van der Waals surface area contributed by atoms with Gasteiger partial charge >= 0.3 is 6.09 Å². The zero-order valence-electron chi connectivity index (χ0n) is 13.6. The lowest BCUT2D eigenvalue weighted by molar-refractivity contribution is 0.0886. The summed E-state index contributed by atoms with van der Waals surface area (Å²) < 4.78 is 8.57. The lowest BCUT2D eigenvalue weighted by atomic mass is 10.2. The summed E-state index contributed by atoms with van der Waals surface area (Å²) in [6.07, 6.45) is 1.43. The van der Waals surface area contributed by atoms with Crippen molar-refractivity contribution in [1.29, 1.82) is 0 Å². The molecule has 0 aliphatic carbocycles. The number of methoxy groups -OCH3 is 1. The van der Waals surface area contributed by atoms with Gasteiger partial charge in [-0.2, -0.15) is 0 Å². The molecule has 0 saturated carbocycles. The molecule has 0 aromatic carbocycles. The summed E-state index contributed by atoms with van der Waals surface area (Å²) in [5.41, 5.74) is 0.779. The van der Waals surface area contributed by atoms with Gasteiger partial charge in [0, 0.05) is 39.3 Å². The SMILES string of the molecule is CCCc1nnsc1C(=O)NCCN1CCN(C(=O)OC)CC1. The van der Waals surface area contributed by atoms with E-state index in [4.69, 9.17) is 4.74 Å². The molecule has 1 N–H and O–H groups in total. The fourth-order valence-corrected chi connectivity index (χ4v) is 3.10. The van der Waals surface area contributed by atoms with E-state index in [9.17, 15) is 9.59 Å². The third-order valence-corrected chi connectivity index (χ3v) is 4.53. The minimum atomic E-state index is -0.279. The second-order valence-corrected chi connectivity index (χ2v) is 6.11. The molecule has 23 heavy (non-hydrogen) atoms. The Balaban J connectivity index is 1.70. The van der Waals surface area contributed by atoms with Crippen LogP contribution in [0.1, 0.15) is 28.7 Å². The largest absolute Gasteiger partial charge is 0.453 e. The van der Waals surface area contributed by atoms with Gasteiger partial charge < -0.3 is 15.0 Å². The molecule has 128 valence electrons. The molecule has 2 amide bonds. The molecule has 1 fully saturated rings. The molecule has 1 aliphatic heterocycles. The number of aryl methyl sites for hydroxylation is 1. The van der Waals surface area contributed by atoms with Crippen LogP contribution >= 0.6 is 11.5 Å². The quantitative estimate of drug-likeness (QED) is 0.815. The van der Waals surface area contributed by atoms with Gasteiger partial charge in [-0.05, 0) is 18.0 Å². The van der Waals surface area contributed by atoms with Crippen molar-refractivity contribution in [3.05, 3.63) is 10.6 Å². The molecular weight excluding hydrogens is 318 g/mol. The highest BCUT2D eigenvalue weighted by Crippen LogP contribution is 2.12. The van der Waals surface area contributed by atoms with Gasteiger partial charge in [-0.25, -0.2) is 4.79 Å². The second-order valence-electron chi connectivity index (χ2n) is 5.35. The van der Waals surface area contributed by atoms with Gasteiger partial charge in [0.25, 0.3) is 5.91 Å². The molecule has 0 bridgehead atoms. The molecule has 0 spiro atoms. The van der Waals surface area contributed by atoms with Crippen molar-refractivity contribution in [1.82, 2.24) is 24.7 Å². The number of aromatic nitrogens is 2. The van der Waals surface area contributed by atoms with E-state index in [0.29, 0.717) is 24.5 Å². The van der Waals surface area contributed by atoms with E-state index in [0.717, 1.165) is 49.7 Å². The van der Waals surface area contributed by atoms with Gasteiger partial charge in [-0.15, -0.1) is 5.10 Å². The van der Waals surface area contributed by atoms with E-state index in [-0.39, 0.29) is 12.0 Å². The van der Waals surface area contributed by atoms with Crippen molar-refractivity contribution in [3.63, 3.8) is 0 Å². The number of carbonyl (C=O) groups excluding carboxylic acids is 2. The number of nitrogens with zero attached hydrogens (tertiary/aromatic N) is 4. The van der Waals surface area contributed by atoms with Crippen molar-refractivity contribution in [3.8, 4) is 0 Å². The lowest BCUT2D eigenvalue weighted by Crippen LogP contribution is -2.50. The van der Waals surface area contributed by atoms with Gasteiger partial charge in [0.2, 0.25) is 0 Å². The molecule has 0 radical (unpaired) electrons. The summed E-state index contributed by atoms with van der Waals surface area (Å²) in [5, 5.41) is 6.93. The minimum absolute atomic E-state index is 0.100. The van der Waals surface area contributed by atoms with E-state index >= 15 is 0 Å². The zero-order chi connectivity index (χ0) is 16.7. The maximum atomic E-state index is 12.2. The first-order valence-electron chi connectivity index (χ1n) is 7.80. The first-order chi connectivity index (χ1) is 11.2. The molecule has 2 heterocycles. The molecule has 1 saturated heterocycles. The topological polar surface area (TPSA) is 87.7 Å². The minimum Gasteiger partial charge on any atom is -0.453 e. The Morgan fingerprint density at radius 3 is 2.70 bits per heavy atom. The first kappa shape index (κ1) is 17.6. The average Bonchev–Trinajstić information content (AvgIpc) is 3.03. The second kappa shape index (κ2) is 8.78. The van der Waals surface area contributed by atoms with Crippen molar-refractivity contribution in [2.45, 2.75) is 19.8 Å². The van der Waals surface area contributed by atoms with E-state index < -0.39 is 0 Å². The number of carbonyl (C=O) groups is 2. The molecule has 9 heteroatoms. The van der Waals surface area contributed by atoms with Crippen molar-refractivity contribution in [2.75, 3.05) is 46.4 Å². The predicted molar refractivity (Wildman–Crippen MR) is 86.7 cm³/mol. The van der Waals surface area contributed by atoms with E-state index in [1.165, 1.54) is 7.11 Å². The molecule has 1 aromatic rings. The monoisotopic (exact) mass is 341 g/mol. The third kappa shape index (κ3) is 4.87. The number of piperazine rings is 1. The molecular formula is C14H23N5O3S. The summed E-state index contributed by atoms with van der Waals surface area (Å²) in [6, 6.07) is 0. The first-order valence-corrected chi connectivity index (χ1v) is 8.57. The Kier molecular flexibility index (Phi) is 6.72. The van der Waals surface area contributed by atoms with E-state index in [1.807, 2.05) is 0 Å². The number of hydrogen-bond donors (Lipinski definition) is 1. The summed E-state index contributed by atoms with van der Waals surface area (Å²) in [5.74, 6) is -0.100. The van der Waals surface area contributed by atoms with Crippen LogP contribution in [0.5, 0.6) is 0 Å². The molecule has 2 rings (SSSR count). The molecule has 8 nitrogen and oxygen atoms in total. The van der Waals surface area contributed by atoms with Gasteiger partial charge in [0.1, 0.15) is 4.88 Å². The van der Waals surface area contributed by atoms with Crippen LogP contribution in [0, 0.1) is 0 Å². The summed E-state index contributed by atoms with van der Waals surface area (Å²) in [7, 11) is 1.39. The van der Waals surface area contributed by atoms with Gasteiger partial charge in [0.05, 0.1) is 12.8 Å². The van der Waals surface area contributed by atoms with Crippen LogP contribution in [-0.4, -0.2) is 77.8 Å². The lowest BCUT2D eigenvalue weighted by Gasteiger charge is -2.33. The Bertz CT molecular complexity index is 528. The van der Waals surface area contributed by atoms with Crippen LogP contribution in [0.15, 0.2) is 0 Å². The highest BCUT2D eigenvalue weighted by atomic mass is 32.1. The number of ether oxygens (including phenoxy) is 1. The fraction of sp³-hybridized carbons (Fsp3) is 0.714. The summed E-state index contributed by atoms with van der Waals surface area (Å²) >= 11 is 1.14. The smallest absolute Gasteiger partial charge is 0.409 e. The Morgan fingerprint density at radius 2 is 2.04 bits per heavy atom. The fourth-order valence-electron chi connectivity index (χ4n) is 2.47. The number of amides is 2. The Morgan fingerprint density at radius 1 is 1.30 bits per heavy atom. The number of rotatable bonds is 6. The Labute approximate surface area is 140 Å². The zero-order valence-corrected chi connectivity index (χ0v) is 14.4. The average molecular weight is 341 g/mol. The number of nitrogens with one attached hydrogen (secondary N) is 1. The normalized spacial score (nSPS) is 15.5. The van der Waals surface area contributed by atoms with Crippen LogP contribution in [0.25, 0.3) is 0 Å². The van der Waals surface area contributed by atoms with Crippen LogP contribution in [0.3, 0.4) is 0 Å². The van der Waals surface area contributed by atoms with E-state index in [2.05, 4.69) is 26.7 Å². The molecule has 1 aliphatic rings. The highest BCUT2D eigenvalue weighted by Gasteiger charge is 2.21. The Hall–Kier alpha value is -1.74. The molecule has 1 aromatic heterocycles. The van der Waals surface area contributed by atoms with Crippen molar-refractivity contribution in [2.24, 2.45) is 0 Å². The van der Waals surface area contributed by atoms with Gasteiger partial charge in [-0.1, -0.05) is 17.8 Å². The van der Waals surface area contributed by atoms with Crippen LogP contribution < -0.4 is 5.32 Å². The number of hydrogen-bond acceptors (Lipinski definition) is 7. The summed E-state index contributed by atoms with van der Waals surface area (Å²) in [6.45, 7) is 6.26. The maximum absolute atomic E-state index is 12.2. The summed E-state index contributed by atoms with van der Waals surface area (Å²) in [4.78, 5) is 28.1. The van der Waals surface area contributed by atoms with Gasteiger partial charge in [-0.3, -0.25) is 9.69 Å².